The lowest BCUT2D eigenvalue weighted by molar-refractivity contribution is -0.141. The van der Waals surface area contributed by atoms with Gasteiger partial charge in [-0.3, -0.25) is 9.63 Å². The van der Waals surface area contributed by atoms with Crippen molar-refractivity contribution in [2.45, 2.75) is 42.3 Å². The lowest BCUT2D eigenvalue weighted by Crippen LogP contribution is -2.54. The number of sulfonamides is 1. The number of carbonyl (C=O) groups excluding carboxylic acids is 1. The first kappa shape index (κ1) is 30.7. The Hall–Kier alpha value is -4.28. The second-order valence-corrected chi connectivity index (χ2v) is 13.7. The largest absolute Gasteiger partial charge is 0.497 e. The number of nitrogens with one attached hydrogen (secondary N) is 1. The molecule has 1 aromatic heterocycles. The summed E-state index contributed by atoms with van der Waals surface area (Å²) in [6, 6.07) is 35.9. The zero-order valence-electron chi connectivity index (χ0n) is 24.8. The van der Waals surface area contributed by atoms with Gasteiger partial charge in [0, 0.05) is 11.3 Å². The van der Waals surface area contributed by atoms with Gasteiger partial charge in [-0.1, -0.05) is 91.0 Å². The van der Waals surface area contributed by atoms with Crippen molar-refractivity contribution in [1.82, 2.24) is 9.79 Å². The number of benzene rings is 4. The van der Waals surface area contributed by atoms with Gasteiger partial charge in [-0.05, 0) is 70.8 Å². The zero-order chi connectivity index (χ0) is 31.2. The van der Waals surface area contributed by atoms with Crippen LogP contribution in [-0.2, 0) is 32.5 Å². The molecule has 1 aliphatic rings. The van der Waals surface area contributed by atoms with Crippen LogP contribution in [-0.4, -0.2) is 31.8 Å². The van der Waals surface area contributed by atoms with Crippen molar-refractivity contribution in [2.24, 2.45) is 0 Å². The second kappa shape index (κ2) is 13.8. The number of hydrogen-bond acceptors (Lipinski definition) is 6. The smallest absolute Gasteiger partial charge is 0.262 e. The standard InChI is InChI=1S/C36H34N2O5S2/c1-42-29-18-20-30(21-19-29)45(40,41)38-32(22-17-26-11-5-2-6-12-26)31-23-24-44-34(31)25-33(38)36(39)37-43-35(27-13-7-3-8-14-27)28-15-9-4-10-16-28/h2-16,18-21,23-24,32-33,35H,17,22,25H2,1H3,(H,37,39)/t32-,33+/m0/s1. The average molecular weight is 639 g/mol. The molecule has 45 heavy (non-hydrogen) atoms. The molecule has 2 atom stereocenters. The van der Waals surface area contributed by atoms with Crippen molar-refractivity contribution in [3.63, 3.8) is 0 Å². The van der Waals surface area contributed by atoms with E-state index in [0.29, 0.717) is 18.6 Å². The van der Waals surface area contributed by atoms with Crippen LogP contribution in [0.5, 0.6) is 5.75 Å². The van der Waals surface area contributed by atoms with Gasteiger partial charge in [0.05, 0.1) is 18.0 Å². The molecule has 9 heteroatoms. The van der Waals surface area contributed by atoms with Crippen molar-refractivity contribution in [2.75, 3.05) is 7.11 Å². The average Bonchev–Trinajstić information content (AvgIpc) is 3.57. The molecule has 1 aliphatic heterocycles. The number of fused-ring (bicyclic) bond motifs is 1. The number of amides is 1. The summed E-state index contributed by atoms with van der Waals surface area (Å²) in [6.07, 6.45) is 0.799. The minimum absolute atomic E-state index is 0.0943. The lowest BCUT2D eigenvalue weighted by atomic mass is 9.92. The number of thiophene rings is 1. The third-order valence-electron chi connectivity index (χ3n) is 8.10. The topological polar surface area (TPSA) is 84.9 Å². The van der Waals surface area contributed by atoms with Crippen LogP contribution in [0.2, 0.25) is 0 Å². The van der Waals surface area contributed by atoms with E-state index in [1.165, 1.54) is 23.5 Å². The molecule has 7 nitrogen and oxygen atoms in total. The Morgan fingerprint density at radius 2 is 1.47 bits per heavy atom. The number of aryl methyl sites for hydroxylation is 1. The molecule has 5 aromatic rings. The Morgan fingerprint density at radius 1 is 0.867 bits per heavy atom. The van der Waals surface area contributed by atoms with E-state index in [9.17, 15) is 13.2 Å². The summed E-state index contributed by atoms with van der Waals surface area (Å²) in [5.74, 6) is 0.0246. The number of rotatable bonds is 11. The molecule has 0 bridgehead atoms. The van der Waals surface area contributed by atoms with E-state index >= 15 is 0 Å². The predicted molar refractivity (Wildman–Crippen MR) is 175 cm³/mol. The van der Waals surface area contributed by atoms with E-state index in [0.717, 1.165) is 27.1 Å². The van der Waals surface area contributed by atoms with Crippen LogP contribution >= 0.6 is 11.3 Å². The van der Waals surface area contributed by atoms with Crippen LogP contribution in [0, 0.1) is 0 Å². The molecular formula is C36H34N2O5S2. The Morgan fingerprint density at radius 3 is 2.07 bits per heavy atom. The van der Waals surface area contributed by atoms with E-state index in [-0.39, 0.29) is 11.3 Å². The van der Waals surface area contributed by atoms with Gasteiger partial charge in [0.2, 0.25) is 10.0 Å². The van der Waals surface area contributed by atoms with Gasteiger partial charge in [-0.2, -0.15) is 4.31 Å². The summed E-state index contributed by atoms with van der Waals surface area (Å²) in [4.78, 5) is 21.4. The maximum atomic E-state index is 14.5. The van der Waals surface area contributed by atoms with Crippen LogP contribution in [0.25, 0.3) is 0 Å². The number of ether oxygens (including phenoxy) is 1. The van der Waals surface area contributed by atoms with Crippen LogP contribution in [0.3, 0.4) is 0 Å². The normalized spacial score (nSPS) is 16.7. The summed E-state index contributed by atoms with van der Waals surface area (Å²) >= 11 is 1.54. The van der Waals surface area contributed by atoms with Gasteiger partial charge in [0.25, 0.3) is 5.91 Å². The molecule has 6 rings (SSSR count). The highest BCUT2D eigenvalue weighted by molar-refractivity contribution is 7.89. The highest BCUT2D eigenvalue weighted by Gasteiger charge is 2.46. The lowest BCUT2D eigenvalue weighted by Gasteiger charge is -2.40. The third kappa shape index (κ3) is 6.72. The monoisotopic (exact) mass is 638 g/mol. The van der Waals surface area contributed by atoms with E-state index in [2.05, 4.69) is 5.48 Å². The first-order chi connectivity index (χ1) is 22.0. The van der Waals surface area contributed by atoms with Crippen molar-refractivity contribution < 1.29 is 22.8 Å². The van der Waals surface area contributed by atoms with E-state index < -0.39 is 34.1 Å². The molecule has 0 aliphatic carbocycles. The highest BCUT2D eigenvalue weighted by atomic mass is 32.2. The van der Waals surface area contributed by atoms with Gasteiger partial charge >= 0.3 is 0 Å². The first-order valence-electron chi connectivity index (χ1n) is 14.8. The van der Waals surface area contributed by atoms with Crippen LogP contribution < -0.4 is 10.2 Å². The van der Waals surface area contributed by atoms with Gasteiger partial charge < -0.3 is 4.74 Å². The van der Waals surface area contributed by atoms with E-state index in [1.807, 2.05) is 102 Å². The fourth-order valence-corrected chi connectivity index (χ4v) is 8.60. The zero-order valence-corrected chi connectivity index (χ0v) is 26.4. The fraction of sp³-hybridized carbons (Fsp3) is 0.194. The molecule has 1 amide bonds. The molecule has 0 radical (unpaired) electrons. The van der Waals surface area contributed by atoms with Crippen molar-refractivity contribution in [3.05, 3.63) is 154 Å². The molecular weight excluding hydrogens is 605 g/mol. The van der Waals surface area contributed by atoms with Crippen molar-refractivity contribution >= 4 is 27.3 Å². The second-order valence-electron chi connectivity index (χ2n) is 10.9. The van der Waals surface area contributed by atoms with Crippen LogP contribution in [0.15, 0.2) is 132 Å². The number of carbonyl (C=O) groups is 1. The Labute approximate surface area is 268 Å². The Balaban J connectivity index is 1.35. The highest BCUT2D eigenvalue weighted by Crippen LogP contribution is 2.42. The molecule has 4 aromatic carbocycles. The molecule has 0 saturated heterocycles. The molecule has 0 saturated carbocycles. The summed E-state index contributed by atoms with van der Waals surface area (Å²) < 4.78 is 35.7. The summed E-state index contributed by atoms with van der Waals surface area (Å²) in [5.41, 5.74) is 6.43. The summed E-state index contributed by atoms with van der Waals surface area (Å²) in [5, 5.41) is 1.97. The Bertz CT molecular complexity index is 1770. The maximum Gasteiger partial charge on any atom is 0.262 e. The number of methoxy groups -OCH3 is 1. The molecule has 230 valence electrons. The molecule has 0 spiro atoms. The Kier molecular flexibility index (Phi) is 9.42. The molecule has 2 heterocycles. The number of nitrogens with zero attached hydrogens (tertiary/aromatic N) is 1. The quantitative estimate of drug-likeness (QED) is 0.160. The number of hydrogen-bond donors (Lipinski definition) is 1. The summed E-state index contributed by atoms with van der Waals surface area (Å²) in [6.45, 7) is 0. The van der Waals surface area contributed by atoms with Crippen LogP contribution in [0.4, 0.5) is 0 Å². The predicted octanol–water partition coefficient (Wildman–Crippen LogP) is 6.88. The van der Waals surface area contributed by atoms with Gasteiger partial charge in [-0.15, -0.1) is 11.3 Å². The van der Waals surface area contributed by atoms with E-state index in [1.54, 1.807) is 23.5 Å². The number of hydroxylamine groups is 1. The van der Waals surface area contributed by atoms with Gasteiger partial charge in [0.15, 0.2) is 0 Å². The minimum Gasteiger partial charge on any atom is -0.497 e. The SMILES string of the molecule is COc1ccc(S(=O)(=O)N2[C@@H](C(=O)NOC(c3ccccc3)c3ccccc3)Cc3sccc3[C@@H]2CCc2ccccc2)cc1. The molecule has 0 fully saturated rings. The minimum atomic E-state index is -4.13. The van der Waals surface area contributed by atoms with Gasteiger partial charge in [0.1, 0.15) is 17.9 Å². The molecule has 0 unspecified atom stereocenters. The van der Waals surface area contributed by atoms with Crippen molar-refractivity contribution in [1.29, 1.82) is 0 Å². The van der Waals surface area contributed by atoms with Crippen LogP contribution in [0.1, 0.15) is 45.7 Å². The molecule has 1 N–H and O–H groups in total. The van der Waals surface area contributed by atoms with Gasteiger partial charge in [-0.25, -0.2) is 13.9 Å². The van der Waals surface area contributed by atoms with Crippen molar-refractivity contribution in [3.8, 4) is 5.75 Å². The van der Waals surface area contributed by atoms with E-state index in [4.69, 9.17) is 9.57 Å². The summed E-state index contributed by atoms with van der Waals surface area (Å²) in [7, 11) is -2.60. The maximum absolute atomic E-state index is 14.5. The third-order valence-corrected chi connectivity index (χ3v) is 11.0. The first-order valence-corrected chi connectivity index (χ1v) is 17.1. The fourth-order valence-electron chi connectivity index (χ4n) is 5.85.